The Morgan fingerprint density at radius 3 is 2.73 bits per heavy atom. The van der Waals surface area contributed by atoms with Crippen molar-refractivity contribution in [3.05, 3.63) is 57.3 Å². The monoisotopic (exact) mass is 372 g/mol. The number of rotatable bonds is 5. The van der Waals surface area contributed by atoms with Crippen LogP contribution in [0.4, 0.5) is 5.82 Å². The van der Waals surface area contributed by atoms with E-state index in [2.05, 4.69) is 27.2 Å². The summed E-state index contributed by atoms with van der Waals surface area (Å²) in [6, 6.07) is 3.57. The van der Waals surface area contributed by atoms with Gasteiger partial charge in [-0.05, 0) is 31.0 Å². The van der Waals surface area contributed by atoms with Crippen molar-refractivity contribution in [3.8, 4) is 0 Å². The number of hydrogen-bond donors (Lipinski definition) is 2. The van der Waals surface area contributed by atoms with Gasteiger partial charge in [0.2, 0.25) is 0 Å². The van der Waals surface area contributed by atoms with Gasteiger partial charge in [-0.3, -0.25) is 9.78 Å². The van der Waals surface area contributed by atoms with Crippen LogP contribution in [0.5, 0.6) is 0 Å². The number of nitrogens with zero attached hydrogens (tertiary/aromatic N) is 2. The number of ether oxygens (including phenoxy) is 1. The zero-order chi connectivity index (χ0) is 18.7. The summed E-state index contributed by atoms with van der Waals surface area (Å²) < 4.78 is 4.95. The summed E-state index contributed by atoms with van der Waals surface area (Å²) in [6.07, 6.45) is 4.24. The maximum absolute atomic E-state index is 12.9. The molecule has 0 unspecified atom stereocenters. The van der Waals surface area contributed by atoms with Crippen molar-refractivity contribution < 1.29 is 9.53 Å². The third-order valence-electron chi connectivity index (χ3n) is 4.11. The minimum atomic E-state index is -0.567. The fraction of sp³-hybridized carbons (Fsp3) is 0.333. The Labute approximate surface area is 155 Å². The molecular formula is C18H20N4O3S. The molecule has 0 fully saturated rings. The van der Waals surface area contributed by atoms with Gasteiger partial charge in [0.05, 0.1) is 24.2 Å². The van der Waals surface area contributed by atoms with Crippen LogP contribution in [0.15, 0.2) is 45.7 Å². The first-order valence-electron chi connectivity index (χ1n) is 8.29. The summed E-state index contributed by atoms with van der Waals surface area (Å²) in [7, 11) is 1.33. The Hall–Kier alpha value is -2.61. The van der Waals surface area contributed by atoms with E-state index in [0.717, 1.165) is 17.7 Å². The van der Waals surface area contributed by atoms with E-state index in [1.54, 1.807) is 31.5 Å². The number of methoxy groups -OCH3 is 1. The van der Waals surface area contributed by atoms with E-state index in [9.17, 15) is 9.59 Å². The van der Waals surface area contributed by atoms with Crippen LogP contribution >= 0.6 is 11.8 Å². The molecule has 2 N–H and O–H groups in total. The quantitative estimate of drug-likeness (QED) is 0.473. The van der Waals surface area contributed by atoms with Crippen LogP contribution in [0.1, 0.15) is 37.3 Å². The number of H-pyrrole nitrogens is 1. The molecule has 0 aromatic carbocycles. The zero-order valence-corrected chi connectivity index (χ0v) is 15.6. The number of carbonyl (C=O) groups excluding carboxylic acids is 1. The van der Waals surface area contributed by atoms with Crippen molar-refractivity contribution in [3.63, 3.8) is 0 Å². The van der Waals surface area contributed by atoms with Crippen LogP contribution in [0.2, 0.25) is 0 Å². The first kappa shape index (κ1) is 18.2. The summed E-state index contributed by atoms with van der Waals surface area (Å²) >= 11 is 1.49. The average molecular weight is 372 g/mol. The van der Waals surface area contributed by atoms with Gasteiger partial charge >= 0.3 is 5.97 Å². The zero-order valence-electron chi connectivity index (χ0n) is 14.8. The van der Waals surface area contributed by atoms with E-state index >= 15 is 0 Å². The van der Waals surface area contributed by atoms with Crippen LogP contribution < -0.4 is 10.9 Å². The van der Waals surface area contributed by atoms with E-state index in [1.807, 2.05) is 0 Å². The van der Waals surface area contributed by atoms with Crippen molar-refractivity contribution in [2.45, 2.75) is 31.3 Å². The molecule has 0 spiro atoms. The van der Waals surface area contributed by atoms with E-state index in [0.29, 0.717) is 27.8 Å². The Balaban J connectivity index is 2.19. The van der Waals surface area contributed by atoms with Gasteiger partial charge in [0.25, 0.3) is 5.56 Å². The number of nitrogens with one attached hydrogen (secondary N) is 2. The molecule has 0 saturated carbocycles. The second-order valence-electron chi connectivity index (χ2n) is 5.85. The molecule has 136 valence electrons. The maximum atomic E-state index is 12.9. The highest BCUT2D eigenvalue weighted by atomic mass is 32.2. The van der Waals surface area contributed by atoms with Crippen molar-refractivity contribution in [1.29, 1.82) is 0 Å². The number of fused-ring (bicyclic) bond motifs is 1. The molecule has 8 heteroatoms. The summed E-state index contributed by atoms with van der Waals surface area (Å²) in [4.78, 5) is 36.7. The Bertz CT molecular complexity index is 908. The van der Waals surface area contributed by atoms with Gasteiger partial charge in [0.15, 0.2) is 5.16 Å². The second kappa shape index (κ2) is 7.74. The molecule has 3 rings (SSSR count). The summed E-state index contributed by atoms with van der Waals surface area (Å²) in [5.74, 6) is 0.284. The fourth-order valence-electron chi connectivity index (χ4n) is 2.97. The first-order chi connectivity index (χ1) is 12.6. The topological polar surface area (TPSA) is 97.0 Å². The van der Waals surface area contributed by atoms with Crippen molar-refractivity contribution >= 4 is 23.5 Å². The van der Waals surface area contributed by atoms with E-state index < -0.39 is 11.9 Å². The first-order valence-corrected chi connectivity index (χ1v) is 9.28. The van der Waals surface area contributed by atoms with Gasteiger partial charge in [-0.2, -0.15) is 0 Å². The maximum Gasteiger partial charge on any atom is 0.336 e. The number of pyridine rings is 1. The van der Waals surface area contributed by atoms with Gasteiger partial charge in [-0.25, -0.2) is 9.78 Å². The lowest BCUT2D eigenvalue weighted by Gasteiger charge is -2.28. The van der Waals surface area contributed by atoms with Crippen LogP contribution in [-0.4, -0.2) is 33.8 Å². The van der Waals surface area contributed by atoms with Gasteiger partial charge in [-0.15, -0.1) is 0 Å². The van der Waals surface area contributed by atoms with Crippen LogP contribution in [0.25, 0.3) is 0 Å². The van der Waals surface area contributed by atoms with Crippen LogP contribution in [0.3, 0.4) is 0 Å². The van der Waals surface area contributed by atoms with E-state index in [-0.39, 0.29) is 5.56 Å². The third-order valence-corrected chi connectivity index (χ3v) is 5.19. The molecule has 1 aliphatic heterocycles. The molecule has 1 atom stereocenters. The lowest BCUT2D eigenvalue weighted by molar-refractivity contribution is -0.136. The second-order valence-corrected chi connectivity index (χ2v) is 6.93. The highest BCUT2D eigenvalue weighted by Crippen LogP contribution is 2.39. The normalized spacial score (nSPS) is 16.0. The highest BCUT2D eigenvalue weighted by Gasteiger charge is 2.36. The Morgan fingerprint density at radius 2 is 2.08 bits per heavy atom. The molecule has 1 aliphatic rings. The summed E-state index contributed by atoms with van der Waals surface area (Å²) in [5, 5.41) is 3.66. The number of aromatic nitrogens is 3. The van der Waals surface area contributed by atoms with Crippen molar-refractivity contribution in [1.82, 2.24) is 15.0 Å². The largest absolute Gasteiger partial charge is 0.466 e. The minimum absolute atomic E-state index is 0.267. The predicted molar refractivity (Wildman–Crippen MR) is 100 cm³/mol. The molecule has 0 radical (unpaired) electrons. The van der Waals surface area contributed by atoms with Crippen molar-refractivity contribution in [2.75, 3.05) is 18.2 Å². The third kappa shape index (κ3) is 3.37. The predicted octanol–water partition coefficient (Wildman–Crippen LogP) is 2.67. The van der Waals surface area contributed by atoms with Gasteiger partial charge in [-0.1, -0.05) is 18.7 Å². The molecule has 0 saturated heterocycles. The number of thioether (sulfide) groups is 1. The van der Waals surface area contributed by atoms with E-state index in [4.69, 9.17) is 4.74 Å². The molecule has 3 heterocycles. The number of hydrogen-bond acceptors (Lipinski definition) is 7. The molecule has 0 amide bonds. The summed E-state index contributed by atoms with van der Waals surface area (Å²) in [6.45, 7) is 3.85. The average Bonchev–Trinajstić information content (AvgIpc) is 2.65. The smallest absolute Gasteiger partial charge is 0.336 e. The molecular weight excluding hydrogens is 352 g/mol. The molecule has 7 nitrogen and oxygen atoms in total. The van der Waals surface area contributed by atoms with Crippen LogP contribution in [-0.2, 0) is 9.53 Å². The number of aromatic amines is 1. The number of carbonyl (C=O) groups is 1. The lowest BCUT2D eigenvalue weighted by atomic mass is 9.83. The number of allylic oxidation sites excluding steroid dienone is 1. The van der Waals surface area contributed by atoms with Crippen molar-refractivity contribution in [2.24, 2.45) is 0 Å². The van der Waals surface area contributed by atoms with Gasteiger partial charge in [0.1, 0.15) is 5.82 Å². The SMILES string of the molecule is CCCSc1nc2c(c(=O)[nH]1)[C@@H](c1ccncc1)C(C(=O)OC)=C(C)N2. The molecule has 26 heavy (non-hydrogen) atoms. The highest BCUT2D eigenvalue weighted by molar-refractivity contribution is 7.99. The minimum Gasteiger partial charge on any atom is -0.466 e. The number of anilines is 1. The molecule has 0 bridgehead atoms. The molecule has 2 aromatic rings. The van der Waals surface area contributed by atoms with E-state index in [1.165, 1.54) is 18.9 Å². The standard InChI is InChI=1S/C18H20N4O3S/c1-4-9-26-18-21-15-14(16(23)22-18)13(11-5-7-19-8-6-11)12(10(2)20-15)17(24)25-3/h5-8,13H,4,9H2,1-3H3,(H2,20,21,22,23)/t13-/m0/s1. The Kier molecular flexibility index (Phi) is 5.41. The van der Waals surface area contributed by atoms with Crippen LogP contribution in [0, 0.1) is 0 Å². The fourth-order valence-corrected chi connectivity index (χ4v) is 3.69. The molecule has 2 aromatic heterocycles. The number of esters is 1. The summed E-state index contributed by atoms with van der Waals surface area (Å²) in [5.41, 5.74) is 1.94. The lowest BCUT2D eigenvalue weighted by Crippen LogP contribution is -2.31. The molecule has 0 aliphatic carbocycles. The van der Waals surface area contributed by atoms with Gasteiger partial charge < -0.3 is 15.0 Å². The van der Waals surface area contributed by atoms with Gasteiger partial charge in [0, 0.05) is 23.8 Å². The Morgan fingerprint density at radius 1 is 1.35 bits per heavy atom.